The van der Waals surface area contributed by atoms with Crippen LogP contribution < -0.4 is 0 Å². The molecule has 0 heterocycles. The van der Waals surface area contributed by atoms with Gasteiger partial charge in [0.2, 0.25) is 0 Å². The molecule has 14 aromatic carbocycles. The fourth-order valence-electron chi connectivity index (χ4n) is 11.6. The van der Waals surface area contributed by atoms with E-state index in [-0.39, 0.29) is 0 Å². The van der Waals surface area contributed by atoms with E-state index >= 15 is 0 Å². The summed E-state index contributed by atoms with van der Waals surface area (Å²) >= 11 is 0. The van der Waals surface area contributed by atoms with Crippen LogP contribution in [0.15, 0.2) is 315 Å². The Morgan fingerprint density at radius 1 is 0.152 bits per heavy atom. The molecular weight excluding hydrogens is 1110 g/mol. The van der Waals surface area contributed by atoms with Gasteiger partial charge in [-0.05, 0) is 194 Å². The number of benzene rings is 14. The van der Waals surface area contributed by atoms with Crippen molar-refractivity contribution in [2.75, 3.05) is 0 Å². The van der Waals surface area contributed by atoms with Gasteiger partial charge in [-0.1, -0.05) is 359 Å². The molecule has 92 heavy (non-hydrogen) atoms. The van der Waals surface area contributed by atoms with Crippen LogP contribution in [0.2, 0.25) is 0 Å². The first-order valence-corrected chi connectivity index (χ1v) is 32.2. The van der Waals surface area contributed by atoms with Crippen LogP contribution >= 0.6 is 0 Å². The van der Waals surface area contributed by atoms with Crippen molar-refractivity contribution >= 4 is 21.5 Å². The highest BCUT2D eigenvalue weighted by molar-refractivity contribution is 5.96. The van der Waals surface area contributed by atoms with Crippen molar-refractivity contribution in [3.8, 4) is 66.8 Å². The van der Waals surface area contributed by atoms with Crippen LogP contribution in [0.25, 0.3) is 88.3 Å². The minimum absolute atomic E-state index is 1.28. The zero-order valence-electron chi connectivity index (χ0n) is 56.0. The fourth-order valence-corrected chi connectivity index (χ4v) is 11.6. The van der Waals surface area contributed by atoms with Crippen molar-refractivity contribution < 1.29 is 0 Å². The van der Waals surface area contributed by atoms with Gasteiger partial charge in [0, 0.05) is 0 Å². The molecule has 0 spiro atoms. The van der Waals surface area contributed by atoms with E-state index in [0.717, 1.165) is 0 Å². The third kappa shape index (κ3) is 18.8. The topological polar surface area (TPSA) is 0 Å². The quantitative estimate of drug-likeness (QED) is 0.156. The van der Waals surface area contributed by atoms with E-state index in [1.165, 1.54) is 155 Å². The van der Waals surface area contributed by atoms with Crippen LogP contribution in [0.3, 0.4) is 0 Å². The molecule has 0 N–H and O–H groups in total. The van der Waals surface area contributed by atoms with Crippen molar-refractivity contribution in [1.29, 1.82) is 0 Å². The summed E-state index contributed by atoms with van der Waals surface area (Å²) in [5.41, 5.74) is 31.5. The standard InChI is InChI=1S/2C17H14.C16H18.C15H16.C14H14.C13H12/c1-13-9-11-15(12-10-13)17-8-4-6-14-5-2-3-7-16(14)17;1-13-6-8-15(9-7-13)17-11-10-14-4-2-3-5-16(14)12-17;1-11-5-7-15(8-6-11)16-13(3)9-12(2)10-14(16)4;1-11-4-6-14(7-5-11)15-9-12(2)8-13(3)10-15;1-11-3-7-13(8-4-11)14-9-5-12(2)6-10-14;1-11-7-5-6-10-13(11)12-8-3-2-4-9-12/h2*2-12H,1H3;5-10H,1-4H3;4-10H,1-3H3;3-10H,1-2H3;2-10H,1H3. The molecule has 0 atom stereocenters. The van der Waals surface area contributed by atoms with Crippen LogP contribution in [0, 0.1) is 83.1 Å². The van der Waals surface area contributed by atoms with E-state index in [1.54, 1.807) is 0 Å². The summed E-state index contributed by atoms with van der Waals surface area (Å²) < 4.78 is 0. The Morgan fingerprint density at radius 2 is 0.489 bits per heavy atom. The van der Waals surface area contributed by atoms with Gasteiger partial charge in [0.05, 0.1) is 0 Å². The second-order valence-electron chi connectivity index (χ2n) is 24.6. The minimum atomic E-state index is 1.28. The smallest absolute Gasteiger partial charge is 0.0105 e. The van der Waals surface area contributed by atoms with Gasteiger partial charge in [0.15, 0.2) is 0 Å². The molecule has 0 amide bonds. The van der Waals surface area contributed by atoms with Crippen molar-refractivity contribution in [3.05, 3.63) is 382 Å². The molecule has 0 radical (unpaired) electrons. The van der Waals surface area contributed by atoms with Gasteiger partial charge in [-0.2, -0.15) is 0 Å². The Kier molecular flexibility index (Phi) is 23.2. The molecule has 0 aromatic heterocycles. The second kappa shape index (κ2) is 32.4. The predicted octanol–water partition coefficient (Wildman–Crippen LogP) is 26.1. The first-order valence-electron chi connectivity index (χ1n) is 32.2. The van der Waals surface area contributed by atoms with Gasteiger partial charge >= 0.3 is 0 Å². The lowest BCUT2D eigenvalue weighted by molar-refractivity contribution is 1.32. The molecule has 0 aliphatic rings. The van der Waals surface area contributed by atoms with Crippen LogP contribution in [-0.4, -0.2) is 0 Å². The van der Waals surface area contributed by atoms with Gasteiger partial charge in [-0.25, -0.2) is 0 Å². The SMILES string of the molecule is Cc1ccc(-c2c(C)cc(C)cc2C)cc1.Cc1ccc(-c2cc(C)cc(C)c2)cc1.Cc1ccc(-c2ccc(C)cc2)cc1.Cc1ccc(-c2ccc3ccccc3c2)cc1.Cc1ccc(-c2cccc3ccccc23)cc1.Cc1ccccc1-c1ccccc1. The van der Waals surface area contributed by atoms with E-state index in [2.05, 4.69) is 392 Å². The van der Waals surface area contributed by atoms with Crippen molar-refractivity contribution in [2.45, 2.75) is 83.1 Å². The summed E-state index contributed by atoms with van der Waals surface area (Å²) in [6.45, 7) is 25.7. The van der Waals surface area contributed by atoms with Gasteiger partial charge < -0.3 is 0 Å². The highest BCUT2D eigenvalue weighted by Gasteiger charge is 2.08. The van der Waals surface area contributed by atoms with Crippen molar-refractivity contribution in [1.82, 2.24) is 0 Å². The fraction of sp³-hybridized carbons (Fsp3) is 0.130. The van der Waals surface area contributed by atoms with Crippen molar-refractivity contribution in [2.24, 2.45) is 0 Å². The maximum absolute atomic E-state index is 2.25. The maximum atomic E-state index is 2.25. The Morgan fingerprint density at radius 3 is 0.978 bits per heavy atom. The largest absolute Gasteiger partial charge is 0.0622 e. The molecule has 0 aliphatic heterocycles. The molecule has 0 saturated heterocycles. The Labute approximate surface area is 550 Å². The van der Waals surface area contributed by atoms with Crippen LogP contribution in [0.5, 0.6) is 0 Å². The zero-order valence-corrected chi connectivity index (χ0v) is 56.0. The Bertz CT molecular complexity index is 4510. The average Bonchev–Trinajstić information content (AvgIpc) is 1.70. The monoisotopic (exact) mass is 1190 g/mol. The zero-order chi connectivity index (χ0) is 64.9. The molecule has 0 saturated carbocycles. The van der Waals surface area contributed by atoms with Gasteiger partial charge in [0.1, 0.15) is 0 Å². The number of hydrogen-bond acceptors (Lipinski definition) is 0. The Hall–Kier alpha value is -10.4. The minimum Gasteiger partial charge on any atom is -0.0622 e. The number of aryl methyl sites for hydroxylation is 12. The normalized spacial score (nSPS) is 10.4. The summed E-state index contributed by atoms with van der Waals surface area (Å²) in [5.74, 6) is 0. The van der Waals surface area contributed by atoms with Gasteiger partial charge in [-0.3, -0.25) is 0 Å². The van der Waals surface area contributed by atoms with E-state index in [9.17, 15) is 0 Å². The lowest BCUT2D eigenvalue weighted by Gasteiger charge is -2.11. The van der Waals surface area contributed by atoms with E-state index in [1.807, 2.05) is 6.07 Å². The molecule has 0 bridgehead atoms. The molecule has 0 unspecified atom stereocenters. The predicted molar refractivity (Wildman–Crippen MR) is 403 cm³/mol. The first kappa shape index (κ1) is 66.0. The summed E-state index contributed by atoms with van der Waals surface area (Å²) in [6, 6.07) is 112. The van der Waals surface area contributed by atoms with Crippen LogP contribution in [0.1, 0.15) is 66.8 Å². The summed E-state index contributed by atoms with van der Waals surface area (Å²) in [6.07, 6.45) is 0. The number of fused-ring (bicyclic) bond motifs is 2. The highest BCUT2D eigenvalue weighted by atomic mass is 14.1. The van der Waals surface area contributed by atoms with E-state index in [4.69, 9.17) is 0 Å². The average molecular weight is 1190 g/mol. The highest BCUT2D eigenvalue weighted by Crippen LogP contribution is 2.31. The molecular formula is C92H88. The third-order valence-corrected chi connectivity index (χ3v) is 16.6. The van der Waals surface area contributed by atoms with Crippen LogP contribution in [0.4, 0.5) is 0 Å². The summed E-state index contributed by atoms with van der Waals surface area (Å²) in [5, 5.41) is 5.21. The molecule has 14 rings (SSSR count). The maximum Gasteiger partial charge on any atom is -0.0105 e. The van der Waals surface area contributed by atoms with Crippen molar-refractivity contribution in [3.63, 3.8) is 0 Å². The Balaban J connectivity index is 0.000000131. The third-order valence-electron chi connectivity index (χ3n) is 16.6. The number of hydrogen-bond donors (Lipinski definition) is 0. The molecule has 0 nitrogen and oxygen atoms in total. The van der Waals surface area contributed by atoms with E-state index in [0.29, 0.717) is 0 Å². The molecule has 0 aliphatic carbocycles. The summed E-state index contributed by atoms with van der Waals surface area (Å²) in [4.78, 5) is 0. The lowest BCUT2D eigenvalue weighted by atomic mass is 9.93. The second-order valence-corrected chi connectivity index (χ2v) is 24.6. The molecule has 14 aromatic rings. The molecule has 0 fully saturated rings. The van der Waals surface area contributed by atoms with Gasteiger partial charge in [0.25, 0.3) is 0 Å². The van der Waals surface area contributed by atoms with Crippen LogP contribution in [-0.2, 0) is 0 Å². The molecule has 456 valence electrons. The first-order chi connectivity index (χ1) is 44.5. The van der Waals surface area contributed by atoms with E-state index < -0.39 is 0 Å². The summed E-state index contributed by atoms with van der Waals surface area (Å²) in [7, 11) is 0. The number of rotatable bonds is 6. The molecule has 0 heteroatoms. The van der Waals surface area contributed by atoms with Gasteiger partial charge in [-0.15, -0.1) is 0 Å². The lowest BCUT2D eigenvalue weighted by Crippen LogP contribution is -1.90.